The average molecular weight is 342 g/mol. The molecule has 0 aliphatic carbocycles. The van der Waals surface area contributed by atoms with E-state index in [0.29, 0.717) is 12.5 Å². The quantitative estimate of drug-likeness (QED) is 0.840. The first-order valence-corrected chi connectivity index (χ1v) is 8.56. The molecule has 0 radical (unpaired) electrons. The lowest BCUT2D eigenvalue weighted by Gasteiger charge is -2.19. The standard InChI is InChI=1S/C19H26N4O2/c1-5-15-8-6-7-9-16(15)21-17(24)13-22(4)18-19(25)23(11-10-20-18)12-14(2)3/h6-11,14H,5,12-13H2,1-4H3,(H,21,24). The van der Waals surface area contributed by atoms with Gasteiger partial charge in [-0.05, 0) is 24.0 Å². The molecular weight excluding hydrogens is 316 g/mol. The zero-order valence-electron chi connectivity index (χ0n) is 15.3. The van der Waals surface area contributed by atoms with E-state index in [1.54, 1.807) is 28.9 Å². The molecule has 1 aromatic heterocycles. The number of likely N-dealkylation sites (N-methyl/N-ethyl adjacent to an activating group) is 1. The van der Waals surface area contributed by atoms with Crippen molar-refractivity contribution in [3.63, 3.8) is 0 Å². The van der Waals surface area contributed by atoms with Crippen molar-refractivity contribution in [2.45, 2.75) is 33.7 Å². The summed E-state index contributed by atoms with van der Waals surface area (Å²) >= 11 is 0. The first-order valence-electron chi connectivity index (χ1n) is 8.56. The van der Waals surface area contributed by atoms with Crippen LogP contribution in [0.1, 0.15) is 26.3 Å². The minimum absolute atomic E-state index is 0.0615. The molecule has 2 rings (SSSR count). The van der Waals surface area contributed by atoms with Gasteiger partial charge in [-0.15, -0.1) is 0 Å². The van der Waals surface area contributed by atoms with Gasteiger partial charge in [0.05, 0.1) is 6.54 Å². The number of aromatic nitrogens is 2. The molecule has 1 N–H and O–H groups in total. The third-order valence-electron chi connectivity index (χ3n) is 3.87. The normalized spacial score (nSPS) is 10.8. The van der Waals surface area contributed by atoms with Crippen LogP contribution in [0.25, 0.3) is 0 Å². The Morgan fingerprint density at radius 2 is 2.04 bits per heavy atom. The van der Waals surface area contributed by atoms with Gasteiger partial charge in [-0.1, -0.05) is 39.0 Å². The number of hydrogen-bond acceptors (Lipinski definition) is 4. The van der Waals surface area contributed by atoms with Crippen LogP contribution in [-0.2, 0) is 17.8 Å². The van der Waals surface area contributed by atoms with Crippen molar-refractivity contribution < 1.29 is 4.79 Å². The fraction of sp³-hybridized carbons (Fsp3) is 0.421. The van der Waals surface area contributed by atoms with E-state index >= 15 is 0 Å². The van der Waals surface area contributed by atoms with Gasteiger partial charge < -0.3 is 14.8 Å². The molecule has 0 aliphatic heterocycles. The maximum atomic E-state index is 12.5. The number of hydrogen-bond donors (Lipinski definition) is 1. The van der Waals surface area contributed by atoms with Gasteiger partial charge in [-0.25, -0.2) is 4.98 Å². The summed E-state index contributed by atoms with van der Waals surface area (Å²) in [5, 5.41) is 2.91. The van der Waals surface area contributed by atoms with Crippen LogP contribution in [0, 0.1) is 5.92 Å². The fourth-order valence-corrected chi connectivity index (χ4v) is 2.67. The molecule has 134 valence electrons. The van der Waals surface area contributed by atoms with Crippen molar-refractivity contribution in [2.24, 2.45) is 5.92 Å². The van der Waals surface area contributed by atoms with Gasteiger partial charge >= 0.3 is 0 Å². The monoisotopic (exact) mass is 342 g/mol. The highest BCUT2D eigenvalue weighted by Crippen LogP contribution is 2.15. The van der Waals surface area contributed by atoms with Gasteiger partial charge in [0.2, 0.25) is 5.91 Å². The molecule has 0 unspecified atom stereocenters. The van der Waals surface area contributed by atoms with Gasteiger partial charge in [0.1, 0.15) is 0 Å². The molecule has 2 aromatic rings. The summed E-state index contributed by atoms with van der Waals surface area (Å²) in [5.74, 6) is 0.457. The Morgan fingerprint density at radius 1 is 1.32 bits per heavy atom. The summed E-state index contributed by atoms with van der Waals surface area (Å²) in [7, 11) is 1.70. The van der Waals surface area contributed by atoms with Crippen LogP contribution in [0.2, 0.25) is 0 Å². The Morgan fingerprint density at radius 3 is 2.72 bits per heavy atom. The van der Waals surface area contributed by atoms with E-state index in [1.807, 2.05) is 31.2 Å². The van der Waals surface area contributed by atoms with Crippen LogP contribution < -0.4 is 15.8 Å². The Balaban J connectivity index is 2.10. The van der Waals surface area contributed by atoms with Crippen LogP contribution >= 0.6 is 0 Å². The number of para-hydroxylation sites is 1. The first-order chi connectivity index (χ1) is 11.9. The highest BCUT2D eigenvalue weighted by molar-refractivity contribution is 5.94. The second kappa shape index (κ2) is 8.46. The van der Waals surface area contributed by atoms with Crippen LogP contribution in [-0.4, -0.2) is 29.1 Å². The number of nitrogens with zero attached hydrogens (tertiary/aromatic N) is 3. The Labute approximate surface area is 148 Å². The number of amides is 1. The van der Waals surface area contributed by atoms with Gasteiger partial charge in [0, 0.05) is 31.7 Å². The molecular formula is C19H26N4O2. The van der Waals surface area contributed by atoms with E-state index in [-0.39, 0.29) is 23.8 Å². The Hall–Kier alpha value is -2.63. The molecule has 6 heteroatoms. The summed E-state index contributed by atoms with van der Waals surface area (Å²) in [5.41, 5.74) is 1.71. The number of aryl methyl sites for hydroxylation is 1. The van der Waals surface area contributed by atoms with E-state index in [0.717, 1.165) is 17.7 Å². The molecule has 25 heavy (non-hydrogen) atoms. The van der Waals surface area contributed by atoms with E-state index in [9.17, 15) is 9.59 Å². The van der Waals surface area contributed by atoms with Crippen LogP contribution in [0.5, 0.6) is 0 Å². The third-order valence-corrected chi connectivity index (χ3v) is 3.87. The first kappa shape index (κ1) is 18.7. The van der Waals surface area contributed by atoms with Crippen LogP contribution in [0.3, 0.4) is 0 Å². The Kier molecular flexibility index (Phi) is 6.33. The predicted octanol–water partition coefficient (Wildman–Crippen LogP) is 2.54. The van der Waals surface area contributed by atoms with Crippen molar-refractivity contribution in [3.05, 3.63) is 52.6 Å². The van der Waals surface area contributed by atoms with Crippen molar-refractivity contribution in [2.75, 3.05) is 23.8 Å². The third kappa shape index (κ3) is 4.92. The molecule has 1 aromatic carbocycles. The molecule has 1 amide bonds. The zero-order chi connectivity index (χ0) is 18.4. The topological polar surface area (TPSA) is 67.2 Å². The summed E-state index contributed by atoms with van der Waals surface area (Å²) < 4.78 is 1.63. The molecule has 0 aliphatic rings. The van der Waals surface area contributed by atoms with Crippen LogP contribution in [0.15, 0.2) is 41.5 Å². The number of anilines is 2. The predicted molar refractivity (Wildman–Crippen MR) is 101 cm³/mol. The maximum Gasteiger partial charge on any atom is 0.293 e. The minimum atomic E-state index is -0.180. The molecule has 0 saturated carbocycles. The van der Waals surface area contributed by atoms with Crippen LogP contribution in [0.4, 0.5) is 11.5 Å². The highest BCUT2D eigenvalue weighted by Gasteiger charge is 2.14. The van der Waals surface area contributed by atoms with Gasteiger partial charge in [-0.2, -0.15) is 0 Å². The maximum absolute atomic E-state index is 12.5. The molecule has 1 heterocycles. The van der Waals surface area contributed by atoms with Gasteiger partial charge in [-0.3, -0.25) is 9.59 Å². The second-order valence-electron chi connectivity index (χ2n) is 6.52. The summed E-state index contributed by atoms with van der Waals surface area (Å²) in [6.07, 6.45) is 4.11. The van der Waals surface area contributed by atoms with Crippen molar-refractivity contribution >= 4 is 17.4 Å². The highest BCUT2D eigenvalue weighted by atomic mass is 16.2. The van der Waals surface area contributed by atoms with Crippen molar-refractivity contribution in [3.8, 4) is 0 Å². The van der Waals surface area contributed by atoms with E-state index in [1.165, 1.54) is 0 Å². The van der Waals surface area contributed by atoms with E-state index < -0.39 is 0 Å². The molecule has 0 saturated heterocycles. The minimum Gasteiger partial charge on any atom is -0.346 e. The molecule has 0 fully saturated rings. The lowest BCUT2D eigenvalue weighted by Crippen LogP contribution is -2.36. The SMILES string of the molecule is CCc1ccccc1NC(=O)CN(C)c1nccn(CC(C)C)c1=O. The van der Waals surface area contributed by atoms with Gasteiger partial charge in [0.25, 0.3) is 5.56 Å². The lowest BCUT2D eigenvalue weighted by molar-refractivity contribution is -0.114. The zero-order valence-corrected chi connectivity index (χ0v) is 15.3. The number of rotatable bonds is 7. The molecule has 0 bridgehead atoms. The van der Waals surface area contributed by atoms with E-state index in [2.05, 4.69) is 24.1 Å². The summed E-state index contributed by atoms with van der Waals surface area (Å²) in [6, 6.07) is 7.71. The molecule has 6 nitrogen and oxygen atoms in total. The summed E-state index contributed by atoms with van der Waals surface area (Å²) in [4.78, 5) is 30.6. The molecule has 0 spiro atoms. The number of carbonyl (C=O) groups is 1. The number of benzene rings is 1. The lowest BCUT2D eigenvalue weighted by atomic mass is 10.1. The smallest absolute Gasteiger partial charge is 0.293 e. The van der Waals surface area contributed by atoms with Gasteiger partial charge in [0.15, 0.2) is 5.82 Å². The van der Waals surface area contributed by atoms with Crippen molar-refractivity contribution in [1.29, 1.82) is 0 Å². The molecule has 0 atom stereocenters. The Bertz CT molecular complexity index is 783. The largest absolute Gasteiger partial charge is 0.346 e. The fourth-order valence-electron chi connectivity index (χ4n) is 2.67. The summed E-state index contributed by atoms with van der Waals surface area (Å²) in [6.45, 7) is 6.83. The second-order valence-corrected chi connectivity index (χ2v) is 6.52. The number of carbonyl (C=O) groups excluding carboxylic acids is 1. The number of nitrogens with one attached hydrogen (secondary N) is 1. The van der Waals surface area contributed by atoms with E-state index in [4.69, 9.17) is 0 Å². The average Bonchev–Trinajstić information content (AvgIpc) is 2.56. The van der Waals surface area contributed by atoms with Crippen molar-refractivity contribution in [1.82, 2.24) is 9.55 Å².